The molecule has 1 aromatic heterocycles. The molecule has 3 nitrogen and oxygen atoms in total. The van der Waals surface area contributed by atoms with Gasteiger partial charge in [0, 0.05) is 18.4 Å². The number of nitrogens with one attached hydrogen (secondary N) is 1. The van der Waals surface area contributed by atoms with E-state index in [0.717, 1.165) is 24.1 Å². The molecule has 3 heteroatoms. The number of aryl methyl sites for hydroxylation is 1. The van der Waals surface area contributed by atoms with Crippen molar-refractivity contribution in [2.24, 2.45) is 11.3 Å². The highest BCUT2D eigenvalue weighted by molar-refractivity contribution is 5.26. The second kappa shape index (κ2) is 3.19. The van der Waals surface area contributed by atoms with Crippen LogP contribution in [-0.4, -0.2) is 16.5 Å². The van der Waals surface area contributed by atoms with Crippen LogP contribution in [-0.2, 0) is 0 Å². The molecule has 3 rings (SSSR count). The van der Waals surface area contributed by atoms with Crippen molar-refractivity contribution in [1.29, 1.82) is 0 Å². The van der Waals surface area contributed by atoms with Crippen LogP contribution in [0.4, 0.5) is 5.95 Å². The fourth-order valence-electron chi connectivity index (χ4n) is 2.37. The summed E-state index contributed by atoms with van der Waals surface area (Å²) in [6.45, 7) is 3.07. The number of anilines is 1. The van der Waals surface area contributed by atoms with E-state index >= 15 is 0 Å². The molecule has 0 spiro atoms. The summed E-state index contributed by atoms with van der Waals surface area (Å²) in [5.41, 5.74) is 1.65. The Morgan fingerprint density at radius 1 is 1.47 bits per heavy atom. The quantitative estimate of drug-likeness (QED) is 0.816. The van der Waals surface area contributed by atoms with Crippen LogP contribution < -0.4 is 5.32 Å². The van der Waals surface area contributed by atoms with Gasteiger partial charge in [-0.3, -0.25) is 0 Å². The van der Waals surface area contributed by atoms with Crippen molar-refractivity contribution in [2.45, 2.75) is 32.6 Å². The molecule has 15 heavy (non-hydrogen) atoms. The molecule has 2 aliphatic carbocycles. The van der Waals surface area contributed by atoms with Gasteiger partial charge in [0.1, 0.15) is 0 Å². The maximum Gasteiger partial charge on any atom is 0.222 e. The van der Waals surface area contributed by atoms with Gasteiger partial charge in [-0.1, -0.05) is 0 Å². The summed E-state index contributed by atoms with van der Waals surface area (Å²) in [5, 5.41) is 3.39. The molecular weight excluding hydrogens is 186 g/mol. The van der Waals surface area contributed by atoms with E-state index in [1.807, 2.05) is 19.2 Å². The van der Waals surface area contributed by atoms with Crippen LogP contribution in [0, 0.1) is 18.3 Å². The first kappa shape index (κ1) is 9.13. The molecule has 1 N–H and O–H groups in total. The van der Waals surface area contributed by atoms with Crippen LogP contribution in [0.5, 0.6) is 0 Å². The highest BCUT2D eigenvalue weighted by Gasteiger charge is 2.53. The van der Waals surface area contributed by atoms with Crippen molar-refractivity contribution in [3.63, 3.8) is 0 Å². The van der Waals surface area contributed by atoms with Gasteiger partial charge in [-0.2, -0.15) is 0 Å². The lowest BCUT2D eigenvalue weighted by Crippen LogP contribution is -2.18. The highest BCUT2D eigenvalue weighted by atomic mass is 15.1. The van der Waals surface area contributed by atoms with Gasteiger partial charge in [0.2, 0.25) is 5.95 Å². The minimum Gasteiger partial charge on any atom is -0.354 e. The summed E-state index contributed by atoms with van der Waals surface area (Å²) in [4.78, 5) is 8.59. The Bertz CT molecular complexity index is 367. The highest BCUT2D eigenvalue weighted by Crippen LogP contribution is 2.61. The predicted molar refractivity (Wildman–Crippen MR) is 59.6 cm³/mol. The summed E-state index contributed by atoms with van der Waals surface area (Å²) >= 11 is 0. The zero-order chi connectivity index (χ0) is 10.3. The lowest BCUT2D eigenvalue weighted by molar-refractivity contribution is 0.465. The largest absolute Gasteiger partial charge is 0.354 e. The van der Waals surface area contributed by atoms with Crippen LogP contribution in [0.3, 0.4) is 0 Å². The van der Waals surface area contributed by atoms with Crippen molar-refractivity contribution in [3.05, 3.63) is 18.0 Å². The standard InChI is InChI=1S/C12H17N3/c1-9-4-7-13-11(15-9)14-8-12(5-6-12)10-2-3-10/h4,7,10H,2-3,5-6,8H2,1H3,(H,13,14,15). The molecule has 2 aliphatic rings. The molecule has 0 amide bonds. The molecule has 2 saturated carbocycles. The number of hydrogen-bond donors (Lipinski definition) is 1. The average molecular weight is 203 g/mol. The van der Waals surface area contributed by atoms with Gasteiger partial charge >= 0.3 is 0 Å². The van der Waals surface area contributed by atoms with Crippen molar-refractivity contribution >= 4 is 5.95 Å². The molecule has 0 radical (unpaired) electrons. The molecule has 0 aliphatic heterocycles. The van der Waals surface area contributed by atoms with Gasteiger partial charge in [0.15, 0.2) is 0 Å². The van der Waals surface area contributed by atoms with Gasteiger partial charge in [0.05, 0.1) is 0 Å². The fourth-order valence-corrected chi connectivity index (χ4v) is 2.37. The Balaban J connectivity index is 1.61. The van der Waals surface area contributed by atoms with Crippen LogP contribution >= 0.6 is 0 Å². The van der Waals surface area contributed by atoms with E-state index < -0.39 is 0 Å². The Kier molecular flexibility index (Phi) is 1.94. The number of rotatable bonds is 4. The molecule has 1 heterocycles. The molecule has 1 aromatic rings. The van der Waals surface area contributed by atoms with Crippen molar-refractivity contribution in [3.8, 4) is 0 Å². The van der Waals surface area contributed by atoms with Gasteiger partial charge < -0.3 is 5.32 Å². The maximum absolute atomic E-state index is 4.36. The van der Waals surface area contributed by atoms with E-state index in [1.165, 1.54) is 25.7 Å². The van der Waals surface area contributed by atoms with Crippen molar-refractivity contribution in [2.75, 3.05) is 11.9 Å². The molecule has 0 bridgehead atoms. The van der Waals surface area contributed by atoms with E-state index in [-0.39, 0.29) is 0 Å². The summed E-state index contributed by atoms with van der Waals surface area (Å²) in [7, 11) is 0. The van der Waals surface area contributed by atoms with Crippen LogP contribution in [0.25, 0.3) is 0 Å². The van der Waals surface area contributed by atoms with E-state index in [4.69, 9.17) is 0 Å². The van der Waals surface area contributed by atoms with Crippen LogP contribution in [0.1, 0.15) is 31.4 Å². The summed E-state index contributed by atoms with van der Waals surface area (Å²) in [6.07, 6.45) is 7.50. The average Bonchev–Trinajstić information content (AvgIpc) is 3.08. The van der Waals surface area contributed by atoms with Crippen LogP contribution in [0.2, 0.25) is 0 Å². The first-order chi connectivity index (χ1) is 7.28. The molecule has 0 unspecified atom stereocenters. The number of aromatic nitrogens is 2. The number of nitrogens with zero attached hydrogens (tertiary/aromatic N) is 2. The van der Waals surface area contributed by atoms with Gasteiger partial charge in [-0.05, 0) is 50.0 Å². The zero-order valence-corrected chi connectivity index (χ0v) is 9.16. The monoisotopic (exact) mass is 203 g/mol. The van der Waals surface area contributed by atoms with Gasteiger partial charge in [0.25, 0.3) is 0 Å². The summed E-state index contributed by atoms with van der Waals surface area (Å²) in [5.74, 6) is 1.79. The first-order valence-electron chi connectivity index (χ1n) is 5.82. The fraction of sp³-hybridized carbons (Fsp3) is 0.667. The van der Waals surface area contributed by atoms with E-state index in [2.05, 4.69) is 15.3 Å². The second-order valence-corrected chi connectivity index (χ2v) is 5.01. The number of hydrogen-bond acceptors (Lipinski definition) is 3. The normalized spacial score (nSPS) is 22.5. The lowest BCUT2D eigenvalue weighted by Gasteiger charge is -2.14. The molecule has 2 fully saturated rings. The van der Waals surface area contributed by atoms with Crippen molar-refractivity contribution in [1.82, 2.24) is 9.97 Å². The van der Waals surface area contributed by atoms with Crippen molar-refractivity contribution < 1.29 is 0 Å². The summed E-state index contributed by atoms with van der Waals surface area (Å²) in [6, 6.07) is 1.93. The minimum absolute atomic E-state index is 0.618. The molecule has 0 atom stereocenters. The Morgan fingerprint density at radius 2 is 2.27 bits per heavy atom. The Labute approximate surface area is 90.3 Å². The third-order valence-corrected chi connectivity index (χ3v) is 3.73. The van der Waals surface area contributed by atoms with E-state index in [9.17, 15) is 0 Å². The Morgan fingerprint density at radius 3 is 2.87 bits per heavy atom. The minimum atomic E-state index is 0.618. The molecular formula is C12H17N3. The lowest BCUT2D eigenvalue weighted by atomic mass is 10.0. The van der Waals surface area contributed by atoms with Gasteiger partial charge in [-0.25, -0.2) is 9.97 Å². The smallest absolute Gasteiger partial charge is 0.222 e. The first-order valence-corrected chi connectivity index (χ1v) is 5.82. The van der Waals surface area contributed by atoms with E-state index in [1.54, 1.807) is 0 Å². The van der Waals surface area contributed by atoms with E-state index in [0.29, 0.717) is 5.41 Å². The maximum atomic E-state index is 4.36. The topological polar surface area (TPSA) is 37.8 Å². The predicted octanol–water partition coefficient (Wildman–Crippen LogP) is 2.39. The third-order valence-electron chi connectivity index (χ3n) is 3.73. The molecule has 0 aromatic carbocycles. The SMILES string of the molecule is Cc1ccnc(NCC2(C3CC3)CC2)n1. The van der Waals surface area contributed by atoms with Gasteiger partial charge in [-0.15, -0.1) is 0 Å². The molecule has 0 saturated heterocycles. The summed E-state index contributed by atoms with van der Waals surface area (Å²) < 4.78 is 0. The second-order valence-electron chi connectivity index (χ2n) is 5.01. The Hall–Kier alpha value is -1.12. The molecule has 80 valence electrons. The van der Waals surface area contributed by atoms with Crippen LogP contribution in [0.15, 0.2) is 12.3 Å². The third kappa shape index (κ3) is 1.83. The zero-order valence-electron chi connectivity index (χ0n) is 9.16.